The van der Waals surface area contributed by atoms with Gasteiger partial charge < -0.3 is 19.9 Å². The summed E-state index contributed by atoms with van der Waals surface area (Å²) in [4.78, 5) is 30.7. The van der Waals surface area contributed by atoms with Gasteiger partial charge in [0.2, 0.25) is 5.91 Å². The third-order valence-electron chi connectivity index (χ3n) is 8.79. The summed E-state index contributed by atoms with van der Waals surface area (Å²) in [6.45, 7) is 3.22. The summed E-state index contributed by atoms with van der Waals surface area (Å²) in [5.41, 5.74) is 4.66. The second kappa shape index (κ2) is 13.5. The minimum atomic E-state index is -0.726. The largest absolute Gasteiger partial charge is 0.489 e. The van der Waals surface area contributed by atoms with Gasteiger partial charge in [-0.1, -0.05) is 65.7 Å². The van der Waals surface area contributed by atoms with Crippen LogP contribution in [0.25, 0.3) is 5.57 Å². The quantitative estimate of drug-likeness (QED) is 0.193. The number of halogens is 4. The number of hydrogen-bond donors (Lipinski definition) is 1. The molecule has 6 rings (SSSR count). The van der Waals surface area contributed by atoms with Crippen molar-refractivity contribution in [2.45, 2.75) is 63.7 Å². The Labute approximate surface area is 271 Å². The highest BCUT2D eigenvalue weighted by molar-refractivity contribution is 6.32. The lowest BCUT2D eigenvalue weighted by Gasteiger charge is -2.44. The minimum absolute atomic E-state index is 0.00704. The Balaban J connectivity index is 1.23. The van der Waals surface area contributed by atoms with Gasteiger partial charge in [-0.15, -0.1) is 0 Å². The Morgan fingerprint density at radius 1 is 1.00 bits per heavy atom. The minimum Gasteiger partial charge on any atom is -0.489 e. The van der Waals surface area contributed by atoms with Crippen molar-refractivity contribution in [2.24, 2.45) is 0 Å². The monoisotopic (exact) mass is 653 g/mol. The second-order valence-corrected chi connectivity index (χ2v) is 12.8. The van der Waals surface area contributed by atoms with Crippen LogP contribution in [0.5, 0.6) is 5.75 Å². The molecule has 2 aliphatic heterocycles. The average Bonchev–Trinajstić information content (AvgIpc) is 3.87. The summed E-state index contributed by atoms with van der Waals surface area (Å²) in [6.07, 6.45) is 3.77. The number of carbonyl (C=O) groups excluding carboxylic acids is 2. The normalized spacial score (nSPS) is 19.4. The number of amides is 2. The predicted molar refractivity (Wildman–Crippen MR) is 171 cm³/mol. The van der Waals surface area contributed by atoms with E-state index >= 15 is 0 Å². The van der Waals surface area contributed by atoms with Gasteiger partial charge in [-0.3, -0.25) is 9.59 Å². The smallest absolute Gasteiger partial charge is 0.252 e. The van der Waals surface area contributed by atoms with E-state index in [-0.39, 0.29) is 47.3 Å². The zero-order valence-electron chi connectivity index (χ0n) is 25.0. The molecule has 0 unspecified atom stereocenters. The van der Waals surface area contributed by atoms with E-state index in [0.717, 1.165) is 47.2 Å². The zero-order chi connectivity index (χ0) is 31.7. The van der Waals surface area contributed by atoms with E-state index < -0.39 is 11.6 Å². The van der Waals surface area contributed by atoms with E-state index in [1.54, 1.807) is 6.92 Å². The summed E-state index contributed by atoms with van der Waals surface area (Å²) >= 11 is 12.4. The van der Waals surface area contributed by atoms with Crippen LogP contribution in [0.1, 0.15) is 49.3 Å². The molecule has 0 radical (unpaired) electrons. The highest BCUT2D eigenvalue weighted by Crippen LogP contribution is 2.38. The molecule has 45 heavy (non-hydrogen) atoms. The first kappa shape index (κ1) is 31.5. The molecule has 2 heterocycles. The maximum atomic E-state index is 14.5. The number of nitrogens with one attached hydrogen (secondary N) is 1. The van der Waals surface area contributed by atoms with Crippen LogP contribution >= 0.6 is 23.2 Å². The molecule has 10 heteroatoms. The van der Waals surface area contributed by atoms with Gasteiger partial charge in [0.1, 0.15) is 10.8 Å². The SMILES string of the molecule is CC(=O)N1C[C@H]2CC(c3ccc(CCCOc4c(F)ccc(F)c4Cl)cc3)=C(C(=O)N(Cc3ccccc3Cl)C3CC3)[C@@H](C1)N2. The molecule has 1 N–H and O–H groups in total. The van der Waals surface area contributed by atoms with Crippen LogP contribution in [0.3, 0.4) is 0 Å². The third-order valence-corrected chi connectivity index (χ3v) is 9.51. The topological polar surface area (TPSA) is 61.9 Å². The van der Waals surface area contributed by atoms with E-state index in [1.807, 2.05) is 58.3 Å². The second-order valence-electron chi connectivity index (χ2n) is 12.0. The van der Waals surface area contributed by atoms with Gasteiger partial charge >= 0.3 is 0 Å². The predicted octanol–water partition coefficient (Wildman–Crippen LogP) is 6.82. The zero-order valence-corrected chi connectivity index (χ0v) is 26.5. The summed E-state index contributed by atoms with van der Waals surface area (Å²) in [6, 6.07) is 17.7. The van der Waals surface area contributed by atoms with E-state index in [2.05, 4.69) is 5.32 Å². The Morgan fingerprint density at radius 2 is 1.73 bits per heavy atom. The molecule has 1 aliphatic carbocycles. The lowest BCUT2D eigenvalue weighted by atomic mass is 9.82. The van der Waals surface area contributed by atoms with Crippen molar-refractivity contribution in [3.05, 3.63) is 105 Å². The van der Waals surface area contributed by atoms with Gasteiger partial charge in [0.15, 0.2) is 11.6 Å². The van der Waals surface area contributed by atoms with Gasteiger partial charge in [-0.2, -0.15) is 0 Å². The highest BCUT2D eigenvalue weighted by atomic mass is 35.5. The first-order valence-corrected chi connectivity index (χ1v) is 16.1. The Bertz CT molecular complexity index is 1630. The highest BCUT2D eigenvalue weighted by Gasteiger charge is 2.43. The van der Waals surface area contributed by atoms with Gasteiger partial charge in [0.05, 0.1) is 12.6 Å². The van der Waals surface area contributed by atoms with Crippen LogP contribution in [-0.4, -0.2) is 59.4 Å². The molecular formula is C35H35Cl2F2N3O3. The van der Waals surface area contributed by atoms with Crippen LogP contribution in [0, 0.1) is 11.6 Å². The number of fused-ring (bicyclic) bond motifs is 2. The number of piperazine rings is 1. The van der Waals surface area contributed by atoms with Crippen LogP contribution in [0.2, 0.25) is 10.0 Å². The lowest BCUT2D eigenvalue weighted by Crippen LogP contribution is -2.61. The van der Waals surface area contributed by atoms with Crippen LogP contribution in [0.4, 0.5) is 8.78 Å². The summed E-state index contributed by atoms with van der Waals surface area (Å²) in [7, 11) is 0. The van der Waals surface area contributed by atoms with Crippen LogP contribution in [0.15, 0.2) is 66.2 Å². The summed E-state index contributed by atoms with van der Waals surface area (Å²) in [5, 5.41) is 3.91. The number of benzene rings is 3. The molecule has 1 saturated heterocycles. The summed E-state index contributed by atoms with van der Waals surface area (Å²) in [5.74, 6) is -1.71. The fourth-order valence-electron chi connectivity index (χ4n) is 6.31. The van der Waals surface area contributed by atoms with Crippen LogP contribution in [-0.2, 0) is 22.6 Å². The third kappa shape index (κ3) is 7.03. The molecule has 236 valence electrons. The van der Waals surface area contributed by atoms with E-state index in [9.17, 15) is 18.4 Å². The molecule has 2 bridgehead atoms. The lowest BCUT2D eigenvalue weighted by molar-refractivity contribution is -0.132. The standard InChI is InChI=1S/C35H35Cl2F2N3O3/c1-21(43)41-19-25-17-27(23-10-8-22(9-11-23)5-4-16-45-34-30(39)15-14-29(38)33(34)37)32(31(20-41)40-25)35(44)42(26-12-13-26)18-24-6-2-3-7-28(24)36/h2-3,6-11,14-15,25-26,31,40H,4-5,12-13,16-20H2,1H3/t25-,31-/m1/s1. The number of rotatable bonds is 10. The molecule has 2 amide bonds. The Kier molecular flexibility index (Phi) is 9.45. The van der Waals surface area contributed by atoms with Crippen molar-refractivity contribution in [1.82, 2.24) is 15.1 Å². The summed E-state index contributed by atoms with van der Waals surface area (Å²) < 4.78 is 33.2. The number of nitrogens with zero attached hydrogens (tertiary/aromatic N) is 2. The molecule has 1 saturated carbocycles. The van der Waals surface area contributed by atoms with Gasteiger partial charge in [0, 0.05) is 49.2 Å². The van der Waals surface area contributed by atoms with Gasteiger partial charge in [-0.25, -0.2) is 8.78 Å². The van der Waals surface area contributed by atoms with Gasteiger partial charge in [-0.05, 0) is 72.6 Å². The van der Waals surface area contributed by atoms with Crippen LogP contribution < -0.4 is 10.1 Å². The first-order chi connectivity index (χ1) is 21.7. The van der Waals surface area contributed by atoms with E-state index in [0.29, 0.717) is 49.5 Å². The van der Waals surface area contributed by atoms with Crippen molar-refractivity contribution < 1.29 is 23.1 Å². The van der Waals surface area contributed by atoms with Crippen molar-refractivity contribution >= 4 is 40.6 Å². The maximum Gasteiger partial charge on any atom is 0.252 e. The van der Waals surface area contributed by atoms with Crippen molar-refractivity contribution in [3.8, 4) is 5.75 Å². The van der Waals surface area contributed by atoms with Crippen molar-refractivity contribution in [3.63, 3.8) is 0 Å². The Morgan fingerprint density at radius 3 is 2.44 bits per heavy atom. The van der Waals surface area contributed by atoms with Crippen molar-refractivity contribution in [1.29, 1.82) is 0 Å². The average molecular weight is 655 g/mol. The molecule has 3 aromatic carbocycles. The molecule has 3 aromatic rings. The fourth-order valence-corrected chi connectivity index (χ4v) is 6.71. The number of ether oxygens (including phenoxy) is 1. The number of aryl methyl sites for hydroxylation is 1. The molecule has 0 spiro atoms. The van der Waals surface area contributed by atoms with Gasteiger partial charge in [0.25, 0.3) is 5.91 Å². The molecule has 0 aromatic heterocycles. The molecule has 2 atom stereocenters. The van der Waals surface area contributed by atoms with E-state index in [4.69, 9.17) is 27.9 Å². The molecule has 6 nitrogen and oxygen atoms in total. The fraction of sp³-hybridized carbons (Fsp3) is 0.371. The van der Waals surface area contributed by atoms with Crippen molar-refractivity contribution in [2.75, 3.05) is 19.7 Å². The molecule has 3 aliphatic rings. The molecule has 2 fully saturated rings. The first-order valence-electron chi connectivity index (χ1n) is 15.3. The Hall–Kier alpha value is -3.46. The maximum absolute atomic E-state index is 14.5. The molecular weight excluding hydrogens is 619 g/mol. The van der Waals surface area contributed by atoms with E-state index in [1.165, 1.54) is 0 Å². The number of hydrogen-bond acceptors (Lipinski definition) is 4. The number of carbonyl (C=O) groups is 2.